The van der Waals surface area contributed by atoms with Crippen LogP contribution in [0, 0.1) is 10.8 Å². The quantitative estimate of drug-likeness (QED) is 0.443. The molecule has 0 bridgehead atoms. The number of unbranched alkanes of at least 4 members (excludes halogenated alkanes) is 1. The van der Waals surface area contributed by atoms with E-state index in [1.165, 1.54) is 12.8 Å². The second kappa shape index (κ2) is 17.1. The second-order valence-electron chi connectivity index (χ2n) is 1.08. The monoisotopic (exact) mass is 118 g/mol. The molecule has 0 atom stereocenters. The number of thiol groups is 1. The highest BCUT2D eigenvalue weighted by Gasteiger charge is 1.68. The SMILES string of the molecule is CCCCS.N#N. The van der Waals surface area contributed by atoms with Crippen LogP contribution in [0.1, 0.15) is 19.8 Å². The Bertz CT molecular complexity index is 33.9. The molecule has 0 heterocycles. The molecule has 0 saturated heterocycles. The van der Waals surface area contributed by atoms with E-state index in [0.29, 0.717) is 0 Å². The van der Waals surface area contributed by atoms with Crippen molar-refractivity contribution in [1.29, 1.82) is 10.8 Å². The number of nitrogens with zero attached hydrogens (tertiary/aromatic N) is 2. The summed E-state index contributed by atoms with van der Waals surface area (Å²) in [5.74, 6) is 1.04. The van der Waals surface area contributed by atoms with Gasteiger partial charge in [-0.3, -0.25) is 0 Å². The van der Waals surface area contributed by atoms with Gasteiger partial charge in [-0.1, -0.05) is 13.3 Å². The van der Waals surface area contributed by atoms with Crippen molar-refractivity contribution in [2.24, 2.45) is 0 Å². The molecule has 3 heteroatoms. The van der Waals surface area contributed by atoms with Crippen molar-refractivity contribution in [1.82, 2.24) is 0 Å². The molecule has 0 N–H and O–H groups in total. The van der Waals surface area contributed by atoms with Gasteiger partial charge in [-0.25, -0.2) is 0 Å². The van der Waals surface area contributed by atoms with Crippen LogP contribution < -0.4 is 0 Å². The minimum absolute atomic E-state index is 1.04. The van der Waals surface area contributed by atoms with Gasteiger partial charge < -0.3 is 0 Å². The average molecular weight is 118 g/mol. The molecule has 0 aromatic heterocycles. The summed E-state index contributed by atoms with van der Waals surface area (Å²) in [5.41, 5.74) is 0. The van der Waals surface area contributed by atoms with Gasteiger partial charge in [0.1, 0.15) is 0 Å². The molecule has 0 rings (SSSR count). The van der Waals surface area contributed by atoms with Crippen LogP contribution in [0.2, 0.25) is 0 Å². The lowest BCUT2D eigenvalue weighted by molar-refractivity contribution is 0.899. The smallest absolute Gasteiger partial charge is 0 e. The predicted molar refractivity (Wildman–Crippen MR) is 32.2 cm³/mol. The molecule has 0 amide bonds. The molecule has 0 unspecified atom stereocenters. The highest BCUT2D eigenvalue weighted by molar-refractivity contribution is 7.80. The summed E-state index contributed by atoms with van der Waals surface area (Å²) in [6.45, 7) is 2.16. The Balaban J connectivity index is 0. The van der Waals surface area contributed by atoms with Crippen molar-refractivity contribution in [3.05, 3.63) is 0 Å². The third kappa shape index (κ3) is 26.2. The first-order chi connectivity index (χ1) is 3.41. The molecule has 42 valence electrons. The van der Waals surface area contributed by atoms with Crippen LogP contribution in [-0.4, -0.2) is 5.75 Å². The topological polar surface area (TPSA) is 47.6 Å². The van der Waals surface area contributed by atoms with Crippen LogP contribution in [0.5, 0.6) is 0 Å². The standard InChI is InChI=1S/C4H10S.N2/c1-2-3-4-5;1-2/h5H,2-4H2,1H3;. The van der Waals surface area contributed by atoms with Gasteiger partial charge >= 0.3 is 0 Å². The Morgan fingerprint density at radius 1 is 1.43 bits per heavy atom. The summed E-state index contributed by atoms with van der Waals surface area (Å²) in [7, 11) is 0. The number of hydrogen-bond donors (Lipinski definition) is 1. The van der Waals surface area contributed by atoms with Crippen LogP contribution in [0.4, 0.5) is 0 Å². The third-order valence-corrected chi connectivity index (χ3v) is 0.828. The van der Waals surface area contributed by atoms with E-state index in [-0.39, 0.29) is 0 Å². The molecule has 0 radical (unpaired) electrons. The molecule has 0 fully saturated rings. The van der Waals surface area contributed by atoms with Crippen molar-refractivity contribution in [2.45, 2.75) is 19.8 Å². The first-order valence-electron chi connectivity index (χ1n) is 2.22. The van der Waals surface area contributed by atoms with Crippen LogP contribution in [-0.2, 0) is 0 Å². The van der Waals surface area contributed by atoms with E-state index >= 15 is 0 Å². The molecular formula is C4H10N2S. The second-order valence-corrected chi connectivity index (χ2v) is 1.52. The lowest BCUT2D eigenvalue weighted by Gasteiger charge is -1.78. The number of hydrogen-bond acceptors (Lipinski definition) is 3. The summed E-state index contributed by atoms with van der Waals surface area (Å²) in [6, 6.07) is 0. The summed E-state index contributed by atoms with van der Waals surface area (Å²) in [6.07, 6.45) is 2.52. The highest BCUT2D eigenvalue weighted by atomic mass is 32.1. The van der Waals surface area contributed by atoms with E-state index in [4.69, 9.17) is 10.8 Å². The zero-order valence-corrected chi connectivity index (χ0v) is 5.36. The summed E-state index contributed by atoms with van der Waals surface area (Å²) in [4.78, 5) is 0. The Morgan fingerprint density at radius 3 is 1.86 bits per heavy atom. The molecular weight excluding hydrogens is 108 g/mol. The third-order valence-electron chi connectivity index (χ3n) is 0.512. The maximum absolute atomic E-state index is 6.00. The summed E-state index contributed by atoms with van der Waals surface area (Å²) < 4.78 is 0. The van der Waals surface area contributed by atoms with Crippen LogP contribution in [0.3, 0.4) is 0 Å². The molecule has 0 aromatic carbocycles. The van der Waals surface area contributed by atoms with Gasteiger partial charge in [-0.15, -0.1) is 0 Å². The first kappa shape index (κ1) is 9.91. The Morgan fingerprint density at radius 2 is 1.86 bits per heavy atom. The van der Waals surface area contributed by atoms with E-state index in [1.807, 2.05) is 0 Å². The maximum Gasteiger partial charge on any atom is 0 e. The van der Waals surface area contributed by atoms with Gasteiger partial charge in [-0.05, 0) is 12.2 Å². The van der Waals surface area contributed by atoms with Gasteiger partial charge in [0.2, 0.25) is 0 Å². The minimum Gasteiger partial charge on any atom is -0.179 e. The lowest BCUT2D eigenvalue weighted by atomic mass is 10.4. The van der Waals surface area contributed by atoms with E-state index in [0.717, 1.165) is 5.75 Å². The molecule has 0 aliphatic rings. The van der Waals surface area contributed by atoms with Crippen LogP contribution >= 0.6 is 12.6 Å². The fraction of sp³-hybridized carbons (Fsp3) is 1.00. The van der Waals surface area contributed by atoms with Crippen molar-refractivity contribution in [3.8, 4) is 0 Å². The Labute approximate surface area is 49.7 Å². The fourth-order valence-electron chi connectivity index (χ4n) is 0.158. The average Bonchev–Trinajstić information content (AvgIpc) is 1.75. The Kier molecular flexibility index (Phi) is 24.2. The highest BCUT2D eigenvalue weighted by Crippen LogP contribution is 1.85. The summed E-state index contributed by atoms with van der Waals surface area (Å²) in [5, 5.41) is 12.0. The maximum atomic E-state index is 6.00. The predicted octanol–water partition coefficient (Wildman–Crippen LogP) is 1.75. The lowest BCUT2D eigenvalue weighted by Crippen LogP contribution is -1.65. The molecule has 0 aliphatic carbocycles. The van der Waals surface area contributed by atoms with Crippen LogP contribution in [0.15, 0.2) is 0 Å². The zero-order chi connectivity index (χ0) is 6.12. The molecule has 0 aromatic rings. The van der Waals surface area contributed by atoms with Gasteiger partial charge in [0.05, 0.1) is 0 Å². The van der Waals surface area contributed by atoms with Gasteiger partial charge in [0.25, 0.3) is 0 Å². The molecule has 7 heavy (non-hydrogen) atoms. The molecule has 0 saturated carbocycles. The largest absolute Gasteiger partial charge is 0.179 e. The summed E-state index contributed by atoms with van der Waals surface area (Å²) >= 11 is 4.00. The van der Waals surface area contributed by atoms with Gasteiger partial charge in [0, 0.05) is 10.8 Å². The van der Waals surface area contributed by atoms with Crippen molar-refractivity contribution < 1.29 is 0 Å². The molecule has 2 nitrogen and oxygen atoms in total. The van der Waals surface area contributed by atoms with Crippen molar-refractivity contribution >= 4 is 12.6 Å². The van der Waals surface area contributed by atoms with Crippen molar-refractivity contribution in [2.75, 3.05) is 5.75 Å². The van der Waals surface area contributed by atoms with E-state index in [2.05, 4.69) is 19.6 Å². The van der Waals surface area contributed by atoms with Gasteiger partial charge in [-0.2, -0.15) is 12.6 Å². The molecule has 0 aliphatic heterocycles. The number of rotatable bonds is 2. The van der Waals surface area contributed by atoms with Crippen LogP contribution in [0.25, 0.3) is 0 Å². The normalized spacial score (nSPS) is 6.29. The molecule has 0 spiro atoms. The van der Waals surface area contributed by atoms with E-state index < -0.39 is 0 Å². The zero-order valence-electron chi connectivity index (χ0n) is 4.46. The van der Waals surface area contributed by atoms with Gasteiger partial charge in [0.15, 0.2) is 0 Å². The fourth-order valence-corrected chi connectivity index (χ4v) is 0.474. The first-order valence-corrected chi connectivity index (χ1v) is 2.86. The minimum atomic E-state index is 1.04. The Hall–Kier alpha value is -0.230. The van der Waals surface area contributed by atoms with Crippen molar-refractivity contribution in [3.63, 3.8) is 0 Å². The van der Waals surface area contributed by atoms with E-state index in [9.17, 15) is 0 Å². The van der Waals surface area contributed by atoms with E-state index in [1.54, 1.807) is 0 Å².